The number of esters is 2. The first-order valence-corrected chi connectivity index (χ1v) is 10.9. The Morgan fingerprint density at radius 2 is 1.00 bits per heavy atom. The van der Waals surface area contributed by atoms with Crippen molar-refractivity contribution in [1.29, 1.82) is 0 Å². The van der Waals surface area contributed by atoms with Gasteiger partial charge in [-0.15, -0.1) is 0 Å². The summed E-state index contributed by atoms with van der Waals surface area (Å²) >= 11 is 0. The van der Waals surface area contributed by atoms with Crippen LogP contribution in [-0.2, 0) is 29.3 Å². The highest BCUT2D eigenvalue weighted by Gasteiger charge is 2.19. The average molecular weight is 453 g/mol. The number of benzene rings is 4. The Bertz CT molecular complexity index is 1220. The summed E-state index contributed by atoms with van der Waals surface area (Å²) < 4.78 is 16.8. The fraction of sp³-hybridized carbons (Fsp3) is 0.103. The van der Waals surface area contributed by atoms with E-state index < -0.39 is 11.9 Å². The second kappa shape index (κ2) is 11.5. The van der Waals surface area contributed by atoms with Crippen LogP contribution in [-0.4, -0.2) is 11.9 Å². The molecule has 0 fully saturated rings. The molecule has 0 bridgehead atoms. The minimum Gasteiger partial charge on any atom is -0.488 e. The van der Waals surface area contributed by atoms with E-state index in [1.54, 1.807) is 12.1 Å². The molecule has 0 amide bonds. The summed E-state index contributed by atoms with van der Waals surface area (Å²) in [6.45, 7) is 0.526. The highest BCUT2D eigenvalue weighted by Crippen LogP contribution is 2.24. The topological polar surface area (TPSA) is 61.8 Å². The molecule has 170 valence electrons. The second-order valence-electron chi connectivity index (χ2n) is 7.61. The smallest absolute Gasteiger partial charge is 0.342 e. The van der Waals surface area contributed by atoms with E-state index in [9.17, 15) is 9.59 Å². The lowest BCUT2D eigenvalue weighted by atomic mass is 10.1. The lowest BCUT2D eigenvalue weighted by Gasteiger charge is -2.13. The third-order valence-corrected chi connectivity index (χ3v) is 5.10. The lowest BCUT2D eigenvalue weighted by molar-refractivity contribution is 0.0466. The molecule has 0 spiro atoms. The molecule has 4 rings (SSSR count). The molecule has 0 atom stereocenters. The Labute approximate surface area is 198 Å². The quantitative estimate of drug-likeness (QED) is 0.292. The van der Waals surface area contributed by atoms with Gasteiger partial charge >= 0.3 is 11.9 Å². The molecule has 0 heterocycles. The Balaban J connectivity index is 1.51. The standard InChI is InChI=1S/C29H24O5/c30-28(33-20-23-12-6-2-7-13-23)25-16-17-27(32-19-22-10-4-1-5-11-22)26(18-25)29(31)34-21-24-14-8-3-9-15-24/h1-18H,19-21H2. The van der Waals surface area contributed by atoms with Gasteiger partial charge < -0.3 is 14.2 Å². The van der Waals surface area contributed by atoms with Crippen molar-refractivity contribution in [1.82, 2.24) is 0 Å². The normalized spacial score (nSPS) is 10.4. The second-order valence-corrected chi connectivity index (χ2v) is 7.61. The van der Waals surface area contributed by atoms with E-state index in [0.717, 1.165) is 16.7 Å². The number of rotatable bonds is 9. The highest BCUT2D eigenvalue weighted by atomic mass is 16.5. The summed E-state index contributed by atoms with van der Waals surface area (Å²) in [6, 6.07) is 33.1. The summed E-state index contributed by atoms with van der Waals surface area (Å²) in [5.74, 6) is -0.776. The SMILES string of the molecule is O=C(OCc1ccccc1)c1ccc(OCc2ccccc2)c(C(=O)OCc2ccccc2)c1. The summed E-state index contributed by atoms with van der Waals surface area (Å²) in [7, 11) is 0. The number of hydrogen-bond acceptors (Lipinski definition) is 5. The third-order valence-electron chi connectivity index (χ3n) is 5.10. The number of carbonyl (C=O) groups excluding carboxylic acids is 2. The predicted molar refractivity (Wildman–Crippen MR) is 128 cm³/mol. The first kappa shape index (κ1) is 22.8. The lowest BCUT2D eigenvalue weighted by Crippen LogP contribution is -2.11. The fourth-order valence-corrected chi connectivity index (χ4v) is 3.28. The first-order valence-electron chi connectivity index (χ1n) is 10.9. The van der Waals surface area contributed by atoms with E-state index in [0.29, 0.717) is 5.75 Å². The van der Waals surface area contributed by atoms with Crippen LogP contribution < -0.4 is 4.74 Å². The van der Waals surface area contributed by atoms with Gasteiger partial charge in [-0.1, -0.05) is 91.0 Å². The van der Waals surface area contributed by atoms with E-state index in [-0.39, 0.29) is 30.9 Å². The zero-order valence-corrected chi connectivity index (χ0v) is 18.6. The van der Waals surface area contributed by atoms with Crippen LogP contribution >= 0.6 is 0 Å². The van der Waals surface area contributed by atoms with Crippen molar-refractivity contribution in [3.63, 3.8) is 0 Å². The van der Waals surface area contributed by atoms with Crippen molar-refractivity contribution < 1.29 is 23.8 Å². The van der Waals surface area contributed by atoms with E-state index in [1.165, 1.54) is 6.07 Å². The van der Waals surface area contributed by atoms with E-state index in [1.807, 2.05) is 91.0 Å². The predicted octanol–water partition coefficient (Wildman–Crippen LogP) is 5.98. The van der Waals surface area contributed by atoms with Gasteiger partial charge in [-0.25, -0.2) is 9.59 Å². The number of ether oxygens (including phenoxy) is 3. The van der Waals surface area contributed by atoms with Crippen LogP contribution in [0.25, 0.3) is 0 Å². The Morgan fingerprint density at radius 3 is 1.53 bits per heavy atom. The molecule has 0 N–H and O–H groups in total. The van der Waals surface area contributed by atoms with Gasteiger partial charge in [0.15, 0.2) is 0 Å². The minimum absolute atomic E-state index is 0.112. The number of carbonyl (C=O) groups is 2. The highest BCUT2D eigenvalue weighted by molar-refractivity contribution is 5.97. The Hall–Kier alpha value is -4.38. The molecular weight excluding hydrogens is 428 g/mol. The van der Waals surface area contributed by atoms with Gasteiger partial charge in [0.25, 0.3) is 0 Å². The largest absolute Gasteiger partial charge is 0.488 e. The van der Waals surface area contributed by atoms with Crippen molar-refractivity contribution >= 4 is 11.9 Å². The molecule has 5 heteroatoms. The van der Waals surface area contributed by atoms with E-state index in [2.05, 4.69) is 0 Å². The minimum atomic E-state index is -0.579. The van der Waals surface area contributed by atoms with Crippen molar-refractivity contribution in [2.45, 2.75) is 19.8 Å². The van der Waals surface area contributed by atoms with E-state index >= 15 is 0 Å². The van der Waals surface area contributed by atoms with Gasteiger partial charge in [0.2, 0.25) is 0 Å². The number of hydrogen-bond donors (Lipinski definition) is 0. The molecule has 0 aliphatic heterocycles. The molecule has 5 nitrogen and oxygen atoms in total. The van der Waals surface area contributed by atoms with E-state index in [4.69, 9.17) is 14.2 Å². The molecule has 0 unspecified atom stereocenters. The molecule has 34 heavy (non-hydrogen) atoms. The summed E-state index contributed by atoms with van der Waals surface area (Å²) in [5.41, 5.74) is 3.11. The zero-order valence-electron chi connectivity index (χ0n) is 18.6. The summed E-state index contributed by atoms with van der Waals surface area (Å²) in [6.07, 6.45) is 0. The maximum atomic E-state index is 12.9. The van der Waals surface area contributed by atoms with Crippen LogP contribution in [0.5, 0.6) is 5.75 Å². The molecular formula is C29H24O5. The van der Waals surface area contributed by atoms with Gasteiger partial charge in [0.1, 0.15) is 31.1 Å². The van der Waals surface area contributed by atoms with Crippen molar-refractivity contribution in [2.75, 3.05) is 0 Å². The maximum Gasteiger partial charge on any atom is 0.342 e. The average Bonchev–Trinajstić information content (AvgIpc) is 2.91. The summed E-state index contributed by atoms with van der Waals surface area (Å²) in [5, 5.41) is 0. The maximum absolute atomic E-state index is 12.9. The van der Waals surface area contributed by atoms with Gasteiger partial charge in [-0.3, -0.25) is 0 Å². The third kappa shape index (κ3) is 6.33. The molecule has 0 aliphatic carbocycles. The van der Waals surface area contributed by atoms with Gasteiger partial charge in [0.05, 0.1) is 5.56 Å². The molecule has 0 aromatic heterocycles. The van der Waals surface area contributed by atoms with Crippen molar-refractivity contribution in [3.05, 3.63) is 137 Å². The molecule has 0 saturated carbocycles. The molecule has 0 saturated heterocycles. The molecule has 0 radical (unpaired) electrons. The van der Waals surface area contributed by atoms with Crippen molar-refractivity contribution in [3.8, 4) is 5.75 Å². The molecule has 4 aromatic carbocycles. The first-order chi connectivity index (χ1) is 16.7. The van der Waals surface area contributed by atoms with Crippen LogP contribution in [0.4, 0.5) is 0 Å². The fourth-order valence-electron chi connectivity index (χ4n) is 3.28. The molecule has 4 aromatic rings. The summed E-state index contributed by atoms with van der Waals surface area (Å²) in [4.78, 5) is 25.6. The van der Waals surface area contributed by atoms with Gasteiger partial charge in [-0.05, 0) is 34.9 Å². The van der Waals surface area contributed by atoms with Crippen LogP contribution in [0.3, 0.4) is 0 Å². The monoisotopic (exact) mass is 452 g/mol. The van der Waals surface area contributed by atoms with Gasteiger partial charge in [0, 0.05) is 0 Å². The van der Waals surface area contributed by atoms with Crippen LogP contribution in [0.15, 0.2) is 109 Å². The van der Waals surface area contributed by atoms with Crippen LogP contribution in [0.2, 0.25) is 0 Å². The Kier molecular flexibility index (Phi) is 7.70. The van der Waals surface area contributed by atoms with Gasteiger partial charge in [-0.2, -0.15) is 0 Å². The zero-order chi connectivity index (χ0) is 23.6. The van der Waals surface area contributed by atoms with Crippen LogP contribution in [0.1, 0.15) is 37.4 Å². The van der Waals surface area contributed by atoms with Crippen molar-refractivity contribution in [2.24, 2.45) is 0 Å². The van der Waals surface area contributed by atoms with Crippen LogP contribution in [0, 0.1) is 0 Å². The molecule has 0 aliphatic rings. The Morgan fingerprint density at radius 1 is 0.529 bits per heavy atom.